The standard InChI is InChI=1S/C25H22F4N4/c1-11-12-2-4-13(5-3-12)22(11)32-24-16-8-18(27)19(28)9-21(16)31-25(33-24)17-10-30-23-15(17)6-14(26)7-20(23)29/h6-13,22,30H,2-5H2,1H3,(H,31,32,33)/t11-,12?,13?,22+/m0/s1. The lowest BCUT2D eigenvalue weighted by atomic mass is 9.62. The van der Waals surface area contributed by atoms with Crippen molar-refractivity contribution in [3.05, 3.63) is 53.7 Å². The second-order valence-electron chi connectivity index (χ2n) is 9.40. The molecule has 0 amide bonds. The Morgan fingerprint density at radius 3 is 2.33 bits per heavy atom. The number of H-pyrrole nitrogens is 1. The van der Waals surface area contributed by atoms with E-state index in [4.69, 9.17) is 0 Å². The third-order valence-corrected chi connectivity index (χ3v) is 7.62. The number of nitrogens with zero attached hydrogens (tertiary/aromatic N) is 2. The molecule has 0 saturated heterocycles. The highest BCUT2D eigenvalue weighted by Gasteiger charge is 2.41. The first-order valence-electron chi connectivity index (χ1n) is 11.3. The molecule has 3 saturated carbocycles. The maximum Gasteiger partial charge on any atom is 0.164 e. The highest BCUT2D eigenvalue weighted by Crippen LogP contribution is 2.46. The molecule has 2 N–H and O–H groups in total. The lowest BCUT2D eigenvalue weighted by Crippen LogP contribution is -2.47. The Balaban J connectivity index is 1.53. The normalized spacial score (nSPS) is 24.6. The van der Waals surface area contributed by atoms with E-state index in [1.807, 2.05) is 0 Å². The minimum atomic E-state index is -1.01. The lowest BCUT2D eigenvalue weighted by molar-refractivity contribution is 0.0929. The quantitative estimate of drug-likeness (QED) is 0.344. The summed E-state index contributed by atoms with van der Waals surface area (Å²) in [4.78, 5) is 11.9. The molecule has 4 nitrogen and oxygen atoms in total. The predicted octanol–water partition coefficient (Wildman–Crippen LogP) is 6.57. The summed E-state index contributed by atoms with van der Waals surface area (Å²) in [6.45, 7) is 2.23. The Kier molecular flexibility index (Phi) is 4.61. The van der Waals surface area contributed by atoms with Crippen LogP contribution in [0, 0.1) is 41.0 Å². The predicted molar refractivity (Wildman–Crippen MR) is 119 cm³/mol. The molecule has 2 atom stereocenters. The Morgan fingerprint density at radius 2 is 1.58 bits per heavy atom. The smallest absolute Gasteiger partial charge is 0.164 e. The third kappa shape index (κ3) is 3.26. The van der Waals surface area contributed by atoms with Crippen LogP contribution in [-0.2, 0) is 0 Å². The van der Waals surface area contributed by atoms with Crippen LogP contribution in [0.2, 0.25) is 0 Å². The van der Waals surface area contributed by atoms with Crippen LogP contribution in [0.3, 0.4) is 0 Å². The van der Waals surface area contributed by atoms with E-state index in [1.54, 1.807) is 0 Å². The van der Waals surface area contributed by atoms with Crippen LogP contribution in [-0.4, -0.2) is 21.0 Å². The van der Waals surface area contributed by atoms with Gasteiger partial charge < -0.3 is 10.3 Å². The van der Waals surface area contributed by atoms with Crippen molar-refractivity contribution in [2.75, 3.05) is 5.32 Å². The molecular weight excluding hydrogens is 432 g/mol. The number of hydrogen-bond acceptors (Lipinski definition) is 3. The fraction of sp³-hybridized carbons (Fsp3) is 0.360. The van der Waals surface area contributed by atoms with Crippen molar-refractivity contribution in [2.45, 2.75) is 38.6 Å². The second kappa shape index (κ2) is 7.43. The van der Waals surface area contributed by atoms with Crippen molar-refractivity contribution in [3.8, 4) is 11.4 Å². The van der Waals surface area contributed by atoms with Crippen LogP contribution in [0.1, 0.15) is 32.6 Å². The van der Waals surface area contributed by atoms with Crippen molar-refractivity contribution >= 4 is 27.6 Å². The van der Waals surface area contributed by atoms with Gasteiger partial charge in [0.2, 0.25) is 0 Å². The fourth-order valence-corrected chi connectivity index (χ4v) is 5.85. The van der Waals surface area contributed by atoms with Gasteiger partial charge in [0.25, 0.3) is 0 Å². The molecule has 170 valence electrons. The van der Waals surface area contributed by atoms with E-state index in [-0.39, 0.29) is 28.3 Å². The number of benzene rings is 2. The zero-order chi connectivity index (χ0) is 22.9. The van der Waals surface area contributed by atoms with Gasteiger partial charge in [-0.2, -0.15) is 0 Å². The maximum atomic E-state index is 14.2. The number of anilines is 1. The van der Waals surface area contributed by atoms with Gasteiger partial charge in [0, 0.05) is 40.7 Å². The summed E-state index contributed by atoms with van der Waals surface area (Å²) in [7, 11) is 0. The number of aromatic nitrogens is 3. The van der Waals surface area contributed by atoms with Crippen molar-refractivity contribution < 1.29 is 17.6 Å². The van der Waals surface area contributed by atoms with Crippen LogP contribution in [0.4, 0.5) is 23.4 Å². The molecule has 33 heavy (non-hydrogen) atoms. The first-order chi connectivity index (χ1) is 15.9. The summed E-state index contributed by atoms with van der Waals surface area (Å²) >= 11 is 0. The van der Waals surface area contributed by atoms with E-state index in [9.17, 15) is 17.6 Å². The first-order valence-corrected chi connectivity index (χ1v) is 11.3. The summed E-state index contributed by atoms with van der Waals surface area (Å²) < 4.78 is 56.4. The van der Waals surface area contributed by atoms with Gasteiger partial charge in [0.05, 0.1) is 11.0 Å². The topological polar surface area (TPSA) is 53.6 Å². The molecular formula is C25H22F4N4. The molecule has 2 heterocycles. The number of halogens is 4. The number of rotatable bonds is 3. The summed E-state index contributed by atoms with van der Waals surface area (Å²) in [5.74, 6) is -1.31. The fourth-order valence-electron chi connectivity index (χ4n) is 5.85. The van der Waals surface area contributed by atoms with E-state index >= 15 is 0 Å². The lowest BCUT2D eigenvalue weighted by Gasteiger charge is -2.47. The molecule has 0 aliphatic heterocycles. The van der Waals surface area contributed by atoms with E-state index in [1.165, 1.54) is 25.1 Å². The largest absolute Gasteiger partial charge is 0.366 e. The summed E-state index contributed by atoms with van der Waals surface area (Å²) in [6.07, 6.45) is 6.19. The van der Waals surface area contributed by atoms with Gasteiger partial charge >= 0.3 is 0 Å². The van der Waals surface area contributed by atoms with Crippen molar-refractivity contribution in [1.29, 1.82) is 0 Å². The van der Waals surface area contributed by atoms with E-state index in [0.29, 0.717) is 34.5 Å². The van der Waals surface area contributed by atoms with Crippen LogP contribution < -0.4 is 5.32 Å². The first kappa shape index (κ1) is 20.4. The van der Waals surface area contributed by atoms with Crippen LogP contribution in [0.5, 0.6) is 0 Å². The average molecular weight is 454 g/mol. The highest BCUT2D eigenvalue weighted by molar-refractivity contribution is 5.97. The molecule has 0 spiro atoms. The zero-order valence-corrected chi connectivity index (χ0v) is 17.9. The third-order valence-electron chi connectivity index (χ3n) is 7.62. The van der Waals surface area contributed by atoms with Gasteiger partial charge in [0.15, 0.2) is 17.5 Å². The molecule has 0 radical (unpaired) electrons. The Hall–Kier alpha value is -3.16. The second-order valence-corrected chi connectivity index (χ2v) is 9.40. The van der Waals surface area contributed by atoms with Gasteiger partial charge in [0.1, 0.15) is 17.5 Å². The summed E-state index contributed by atoms with van der Waals surface area (Å²) in [5.41, 5.74) is 0.741. The maximum absolute atomic E-state index is 14.2. The zero-order valence-electron chi connectivity index (χ0n) is 17.9. The highest BCUT2D eigenvalue weighted by atomic mass is 19.2. The number of aromatic amines is 1. The molecule has 4 aromatic rings. The molecule has 3 aliphatic rings. The van der Waals surface area contributed by atoms with E-state index in [0.717, 1.165) is 31.0 Å². The summed E-state index contributed by atoms with van der Waals surface area (Å²) in [5, 5.41) is 4.19. The molecule has 2 bridgehead atoms. The number of fused-ring (bicyclic) bond motifs is 5. The average Bonchev–Trinajstić information content (AvgIpc) is 3.21. The molecule has 3 fully saturated rings. The van der Waals surface area contributed by atoms with Crippen LogP contribution >= 0.6 is 0 Å². The molecule has 2 aromatic heterocycles. The van der Waals surface area contributed by atoms with Gasteiger partial charge in [-0.15, -0.1) is 0 Å². The minimum Gasteiger partial charge on any atom is -0.366 e. The number of hydrogen-bond donors (Lipinski definition) is 2. The van der Waals surface area contributed by atoms with E-state index in [2.05, 4.69) is 27.2 Å². The number of nitrogens with one attached hydrogen (secondary N) is 2. The molecule has 2 aromatic carbocycles. The molecule has 0 unspecified atom stereocenters. The monoisotopic (exact) mass is 454 g/mol. The molecule has 7 rings (SSSR count). The van der Waals surface area contributed by atoms with E-state index < -0.39 is 23.3 Å². The van der Waals surface area contributed by atoms with Gasteiger partial charge in [-0.3, -0.25) is 0 Å². The SMILES string of the molecule is C[C@H]1C2CCC(CC2)[C@@H]1Nc1nc(-c2c[nH]c3c(F)cc(F)cc23)nc2cc(F)c(F)cc12. The molecule has 3 aliphatic carbocycles. The van der Waals surface area contributed by atoms with Crippen molar-refractivity contribution in [1.82, 2.24) is 15.0 Å². The van der Waals surface area contributed by atoms with Gasteiger partial charge in [-0.25, -0.2) is 27.5 Å². The van der Waals surface area contributed by atoms with Crippen molar-refractivity contribution in [2.24, 2.45) is 17.8 Å². The van der Waals surface area contributed by atoms with Gasteiger partial charge in [-0.1, -0.05) is 6.92 Å². The molecule has 8 heteroatoms. The van der Waals surface area contributed by atoms with Gasteiger partial charge in [-0.05, 0) is 55.6 Å². The summed E-state index contributed by atoms with van der Waals surface area (Å²) in [6, 6.07) is 4.31. The Bertz CT molecular complexity index is 1390. The minimum absolute atomic E-state index is 0.133. The Morgan fingerprint density at radius 1 is 0.848 bits per heavy atom. The van der Waals surface area contributed by atoms with Crippen molar-refractivity contribution in [3.63, 3.8) is 0 Å². The Labute approximate surface area is 187 Å². The van der Waals surface area contributed by atoms with Crippen LogP contribution in [0.15, 0.2) is 30.5 Å². The van der Waals surface area contributed by atoms with Crippen LogP contribution in [0.25, 0.3) is 33.2 Å².